The van der Waals surface area contributed by atoms with E-state index in [9.17, 15) is 0 Å². The average Bonchev–Trinajstić information content (AvgIpc) is 2.78. The van der Waals surface area contributed by atoms with E-state index in [1.807, 2.05) is 0 Å². The molecule has 2 atom stereocenters. The van der Waals surface area contributed by atoms with Crippen LogP contribution in [0.4, 0.5) is 5.69 Å². The van der Waals surface area contributed by atoms with Crippen molar-refractivity contribution in [3.8, 4) is 0 Å². The number of nitrogens with one attached hydrogen (secondary N) is 1. The highest BCUT2D eigenvalue weighted by molar-refractivity contribution is 9.10. The third kappa shape index (κ3) is 3.79. The first kappa shape index (κ1) is 15.3. The van der Waals surface area contributed by atoms with Gasteiger partial charge in [0.05, 0.1) is 12.2 Å². The van der Waals surface area contributed by atoms with Gasteiger partial charge < -0.3 is 15.0 Å². The predicted molar refractivity (Wildman–Crippen MR) is 90.8 cm³/mol. The highest BCUT2D eigenvalue weighted by atomic mass is 79.9. The molecule has 0 aromatic heterocycles. The Morgan fingerprint density at radius 1 is 1.29 bits per heavy atom. The molecule has 2 aliphatic heterocycles. The summed E-state index contributed by atoms with van der Waals surface area (Å²) in [4.78, 5) is 2.52. The molecule has 1 aromatic rings. The Hall–Kier alpha value is -0.580. The van der Waals surface area contributed by atoms with E-state index in [1.54, 1.807) is 0 Å². The lowest BCUT2D eigenvalue weighted by molar-refractivity contribution is 0.0304. The third-order valence-corrected chi connectivity index (χ3v) is 4.79. The molecule has 2 heterocycles. The molecule has 3 rings (SSSR count). The van der Waals surface area contributed by atoms with Crippen molar-refractivity contribution in [2.75, 3.05) is 24.5 Å². The summed E-state index contributed by atoms with van der Waals surface area (Å²) >= 11 is 3.62. The number of rotatable bonds is 5. The Bertz CT molecular complexity index is 480. The SMILES string of the molecule is CC(C)CNCc1ccc(Br)cc1N1CC2CCC(C1)O2. The van der Waals surface area contributed by atoms with Crippen molar-refractivity contribution in [1.29, 1.82) is 0 Å². The summed E-state index contributed by atoms with van der Waals surface area (Å²) in [5.74, 6) is 0.683. The fourth-order valence-electron chi connectivity index (χ4n) is 3.29. The number of halogens is 1. The van der Waals surface area contributed by atoms with Gasteiger partial charge in [0.1, 0.15) is 0 Å². The van der Waals surface area contributed by atoms with Crippen LogP contribution in [0.2, 0.25) is 0 Å². The Kier molecular flexibility index (Phi) is 4.87. The lowest BCUT2D eigenvalue weighted by Crippen LogP contribution is -2.43. The first-order valence-electron chi connectivity index (χ1n) is 8.01. The quantitative estimate of drug-likeness (QED) is 0.876. The van der Waals surface area contributed by atoms with Gasteiger partial charge in [-0.15, -0.1) is 0 Å². The highest BCUT2D eigenvalue weighted by Crippen LogP contribution is 2.32. The summed E-state index contributed by atoms with van der Waals surface area (Å²) in [6, 6.07) is 6.65. The Labute approximate surface area is 136 Å². The zero-order valence-corrected chi connectivity index (χ0v) is 14.5. The number of ether oxygens (including phenoxy) is 1. The van der Waals surface area contributed by atoms with Gasteiger partial charge in [-0.25, -0.2) is 0 Å². The molecule has 0 amide bonds. The van der Waals surface area contributed by atoms with Crippen molar-refractivity contribution in [2.45, 2.75) is 45.4 Å². The number of benzene rings is 1. The van der Waals surface area contributed by atoms with E-state index in [0.29, 0.717) is 18.1 Å². The molecule has 2 saturated heterocycles. The van der Waals surface area contributed by atoms with Gasteiger partial charge in [0.2, 0.25) is 0 Å². The van der Waals surface area contributed by atoms with Crippen LogP contribution >= 0.6 is 15.9 Å². The first-order valence-corrected chi connectivity index (χ1v) is 8.80. The molecule has 2 fully saturated rings. The van der Waals surface area contributed by atoms with E-state index in [4.69, 9.17) is 4.74 Å². The van der Waals surface area contributed by atoms with E-state index in [2.05, 4.69) is 58.2 Å². The number of morpholine rings is 1. The topological polar surface area (TPSA) is 24.5 Å². The lowest BCUT2D eigenvalue weighted by Gasteiger charge is -2.35. The van der Waals surface area contributed by atoms with E-state index < -0.39 is 0 Å². The van der Waals surface area contributed by atoms with Crippen LogP contribution in [0.3, 0.4) is 0 Å². The number of hydrogen-bond donors (Lipinski definition) is 1. The summed E-state index contributed by atoms with van der Waals surface area (Å²) in [6.45, 7) is 8.55. The Morgan fingerprint density at radius 2 is 2.00 bits per heavy atom. The smallest absolute Gasteiger partial charge is 0.0755 e. The number of nitrogens with zero attached hydrogens (tertiary/aromatic N) is 1. The summed E-state index contributed by atoms with van der Waals surface area (Å²) in [5.41, 5.74) is 2.75. The van der Waals surface area contributed by atoms with Crippen molar-refractivity contribution in [3.63, 3.8) is 0 Å². The van der Waals surface area contributed by atoms with Crippen LogP contribution in [-0.2, 0) is 11.3 Å². The predicted octanol–water partition coefficient (Wildman–Crippen LogP) is 3.56. The zero-order chi connectivity index (χ0) is 14.8. The van der Waals surface area contributed by atoms with Gasteiger partial charge in [0.15, 0.2) is 0 Å². The summed E-state index contributed by atoms with van der Waals surface area (Å²) in [5, 5.41) is 3.56. The third-order valence-electron chi connectivity index (χ3n) is 4.30. The Morgan fingerprint density at radius 3 is 2.67 bits per heavy atom. The maximum Gasteiger partial charge on any atom is 0.0755 e. The van der Waals surface area contributed by atoms with Crippen LogP contribution in [0.25, 0.3) is 0 Å². The van der Waals surface area contributed by atoms with Crippen LogP contribution in [0.5, 0.6) is 0 Å². The fourth-order valence-corrected chi connectivity index (χ4v) is 3.64. The van der Waals surface area contributed by atoms with Crippen LogP contribution in [0.1, 0.15) is 32.3 Å². The summed E-state index contributed by atoms with van der Waals surface area (Å²) in [7, 11) is 0. The second-order valence-corrected chi connectivity index (χ2v) is 7.58. The highest BCUT2D eigenvalue weighted by Gasteiger charge is 2.34. The number of anilines is 1. The number of hydrogen-bond acceptors (Lipinski definition) is 3. The molecule has 2 bridgehead atoms. The molecule has 116 valence electrons. The molecule has 1 N–H and O–H groups in total. The van der Waals surface area contributed by atoms with Gasteiger partial charge in [-0.2, -0.15) is 0 Å². The lowest BCUT2D eigenvalue weighted by atomic mass is 10.1. The van der Waals surface area contributed by atoms with Crippen LogP contribution in [-0.4, -0.2) is 31.8 Å². The first-order chi connectivity index (χ1) is 10.1. The number of fused-ring (bicyclic) bond motifs is 2. The van der Waals surface area contributed by atoms with Gasteiger partial charge in [-0.3, -0.25) is 0 Å². The maximum absolute atomic E-state index is 5.96. The van der Waals surface area contributed by atoms with Crippen LogP contribution in [0, 0.1) is 5.92 Å². The van der Waals surface area contributed by atoms with Gasteiger partial charge in [-0.1, -0.05) is 35.8 Å². The second kappa shape index (κ2) is 6.67. The van der Waals surface area contributed by atoms with E-state index in [0.717, 1.165) is 30.7 Å². The molecule has 1 aromatic carbocycles. The van der Waals surface area contributed by atoms with Gasteiger partial charge in [0.25, 0.3) is 0 Å². The van der Waals surface area contributed by atoms with Crippen molar-refractivity contribution >= 4 is 21.6 Å². The minimum absolute atomic E-state index is 0.430. The van der Waals surface area contributed by atoms with Crippen molar-refractivity contribution in [2.24, 2.45) is 5.92 Å². The minimum atomic E-state index is 0.430. The molecular formula is C17H25BrN2O. The fraction of sp³-hybridized carbons (Fsp3) is 0.647. The maximum atomic E-state index is 5.96. The van der Waals surface area contributed by atoms with Crippen molar-refractivity contribution < 1.29 is 4.74 Å². The molecule has 4 heteroatoms. The second-order valence-electron chi connectivity index (χ2n) is 6.66. The van der Waals surface area contributed by atoms with Crippen molar-refractivity contribution in [1.82, 2.24) is 5.32 Å². The van der Waals surface area contributed by atoms with E-state index >= 15 is 0 Å². The Balaban J connectivity index is 1.74. The molecular weight excluding hydrogens is 328 g/mol. The van der Waals surface area contributed by atoms with E-state index in [-0.39, 0.29) is 0 Å². The van der Waals surface area contributed by atoms with Gasteiger partial charge in [0, 0.05) is 29.8 Å². The molecule has 0 radical (unpaired) electrons. The average molecular weight is 353 g/mol. The molecule has 2 unspecified atom stereocenters. The molecule has 3 nitrogen and oxygen atoms in total. The normalized spacial score (nSPS) is 24.9. The standard InChI is InChI=1S/C17H25BrN2O/c1-12(2)8-19-9-13-3-4-14(18)7-17(13)20-10-15-5-6-16(11-20)21-15/h3-4,7,12,15-16,19H,5-6,8-11H2,1-2H3. The van der Waals surface area contributed by atoms with Crippen LogP contribution in [0.15, 0.2) is 22.7 Å². The summed E-state index contributed by atoms with van der Waals surface area (Å²) in [6.07, 6.45) is 3.30. The monoisotopic (exact) mass is 352 g/mol. The van der Waals surface area contributed by atoms with Crippen molar-refractivity contribution in [3.05, 3.63) is 28.2 Å². The molecule has 0 saturated carbocycles. The molecule has 0 aliphatic carbocycles. The summed E-state index contributed by atoms with van der Waals surface area (Å²) < 4.78 is 7.12. The molecule has 21 heavy (non-hydrogen) atoms. The van der Waals surface area contributed by atoms with Gasteiger partial charge in [-0.05, 0) is 43.0 Å². The zero-order valence-electron chi connectivity index (χ0n) is 12.9. The molecule has 0 spiro atoms. The molecule has 2 aliphatic rings. The van der Waals surface area contributed by atoms with Crippen LogP contribution < -0.4 is 10.2 Å². The van der Waals surface area contributed by atoms with E-state index in [1.165, 1.54) is 24.1 Å². The largest absolute Gasteiger partial charge is 0.371 e. The minimum Gasteiger partial charge on any atom is -0.371 e. The van der Waals surface area contributed by atoms with Gasteiger partial charge >= 0.3 is 0 Å².